The molecule has 0 unspecified atom stereocenters. The van der Waals surface area contributed by atoms with Gasteiger partial charge in [-0.15, -0.1) is 0 Å². The zero-order chi connectivity index (χ0) is 15.1. The van der Waals surface area contributed by atoms with E-state index in [1.54, 1.807) is 6.33 Å². The van der Waals surface area contributed by atoms with E-state index in [2.05, 4.69) is 10.1 Å². The summed E-state index contributed by atoms with van der Waals surface area (Å²) in [6, 6.07) is 7.75. The molecule has 4 rings (SSSR count). The van der Waals surface area contributed by atoms with Gasteiger partial charge < -0.3 is 14.0 Å². The summed E-state index contributed by atoms with van der Waals surface area (Å²) in [5, 5.41) is 4.98. The minimum atomic E-state index is 0.273. The van der Waals surface area contributed by atoms with E-state index in [1.807, 2.05) is 46.8 Å². The summed E-state index contributed by atoms with van der Waals surface area (Å²) in [4.78, 5) is 4.35. The van der Waals surface area contributed by atoms with Gasteiger partial charge in [0.05, 0.1) is 17.3 Å². The number of nitrogens with zero attached hydrogens (tertiary/aromatic N) is 4. The van der Waals surface area contributed by atoms with Crippen molar-refractivity contribution >= 4 is 11.6 Å². The number of hydrogen-bond acceptors (Lipinski definition) is 4. The molecule has 0 aliphatic carbocycles. The Morgan fingerprint density at radius 3 is 2.91 bits per heavy atom. The molecule has 1 aliphatic heterocycles. The van der Waals surface area contributed by atoms with Crippen molar-refractivity contribution in [1.29, 1.82) is 0 Å². The third kappa shape index (κ3) is 2.21. The first kappa shape index (κ1) is 13.2. The molecule has 6 nitrogen and oxygen atoms in total. The highest BCUT2D eigenvalue weighted by Crippen LogP contribution is 2.33. The predicted octanol–water partition coefficient (Wildman–Crippen LogP) is 2.71. The van der Waals surface area contributed by atoms with Crippen LogP contribution in [0.4, 0.5) is 0 Å². The Morgan fingerprint density at radius 1 is 1.23 bits per heavy atom. The third-order valence-electron chi connectivity index (χ3n) is 3.59. The van der Waals surface area contributed by atoms with E-state index < -0.39 is 0 Å². The highest BCUT2D eigenvalue weighted by molar-refractivity contribution is 6.30. The lowest BCUT2D eigenvalue weighted by Gasteiger charge is -2.07. The van der Waals surface area contributed by atoms with Crippen molar-refractivity contribution in [1.82, 2.24) is 19.3 Å². The molecule has 0 spiro atoms. The van der Waals surface area contributed by atoms with E-state index in [9.17, 15) is 0 Å². The molecule has 1 aliphatic rings. The van der Waals surface area contributed by atoms with E-state index in [0.29, 0.717) is 11.6 Å². The van der Waals surface area contributed by atoms with E-state index in [4.69, 9.17) is 21.1 Å². The van der Waals surface area contributed by atoms with Gasteiger partial charge in [-0.1, -0.05) is 17.7 Å². The Morgan fingerprint density at radius 2 is 2.09 bits per heavy atom. The van der Waals surface area contributed by atoms with Crippen molar-refractivity contribution in [2.24, 2.45) is 7.05 Å². The summed E-state index contributed by atoms with van der Waals surface area (Å²) >= 11 is 6.05. The molecule has 3 aromatic rings. The summed E-state index contributed by atoms with van der Waals surface area (Å²) in [5.41, 5.74) is 1.99. The molecule has 3 heterocycles. The molecule has 0 atom stereocenters. The lowest BCUT2D eigenvalue weighted by molar-refractivity contribution is 0.174. The maximum absolute atomic E-state index is 6.05. The van der Waals surface area contributed by atoms with Gasteiger partial charge in [-0.25, -0.2) is 9.67 Å². The fourth-order valence-corrected chi connectivity index (χ4v) is 2.79. The summed E-state index contributed by atoms with van der Waals surface area (Å²) in [6.07, 6.45) is 3.39. The lowest BCUT2D eigenvalue weighted by Crippen LogP contribution is -2.06. The number of fused-ring (bicyclic) bond motifs is 1. The normalized spacial score (nSPS) is 12.8. The maximum atomic E-state index is 6.05. The Bertz CT molecular complexity index is 840. The molecule has 0 bridgehead atoms. The number of halogens is 1. The van der Waals surface area contributed by atoms with Crippen LogP contribution in [0.1, 0.15) is 5.56 Å². The van der Waals surface area contributed by atoms with Crippen LogP contribution in [0.15, 0.2) is 36.8 Å². The van der Waals surface area contributed by atoms with Crippen molar-refractivity contribution in [3.05, 3.63) is 47.4 Å². The van der Waals surface area contributed by atoms with Gasteiger partial charge in [-0.3, -0.25) is 0 Å². The Kier molecular flexibility index (Phi) is 3.04. The molecule has 0 saturated heterocycles. The average Bonchev–Trinajstić information content (AvgIpc) is 3.18. The van der Waals surface area contributed by atoms with E-state index in [0.717, 1.165) is 28.6 Å². The van der Waals surface area contributed by atoms with Crippen LogP contribution in [0.5, 0.6) is 11.5 Å². The van der Waals surface area contributed by atoms with Gasteiger partial charge in [0, 0.05) is 13.2 Å². The van der Waals surface area contributed by atoms with E-state index in [1.165, 1.54) is 0 Å². The van der Waals surface area contributed by atoms with Crippen LogP contribution in [-0.4, -0.2) is 26.1 Å². The largest absolute Gasteiger partial charge is 0.454 e. The van der Waals surface area contributed by atoms with Gasteiger partial charge >= 0.3 is 0 Å². The fraction of sp³-hybridized carbons (Fsp3) is 0.200. The smallest absolute Gasteiger partial charge is 0.231 e. The van der Waals surface area contributed by atoms with Crippen molar-refractivity contribution in [3.8, 4) is 23.0 Å². The van der Waals surface area contributed by atoms with Crippen molar-refractivity contribution < 1.29 is 9.47 Å². The first-order valence-electron chi connectivity index (χ1n) is 6.79. The van der Waals surface area contributed by atoms with Crippen LogP contribution in [0, 0.1) is 0 Å². The highest BCUT2D eigenvalue weighted by Gasteiger charge is 2.16. The zero-order valence-corrected chi connectivity index (χ0v) is 12.6. The second-order valence-corrected chi connectivity index (χ2v) is 5.52. The second-order valence-electron chi connectivity index (χ2n) is 5.08. The van der Waals surface area contributed by atoms with Gasteiger partial charge in [-0.2, -0.15) is 5.10 Å². The minimum absolute atomic E-state index is 0.273. The number of aromatic nitrogens is 4. The van der Waals surface area contributed by atoms with E-state index >= 15 is 0 Å². The molecular formula is C15H13ClN4O2. The number of aryl methyl sites for hydroxylation is 1. The zero-order valence-electron chi connectivity index (χ0n) is 11.9. The molecule has 2 aromatic heterocycles. The second kappa shape index (κ2) is 5.06. The summed E-state index contributed by atoms with van der Waals surface area (Å²) in [6.45, 7) is 0.865. The number of benzene rings is 1. The molecule has 7 heteroatoms. The van der Waals surface area contributed by atoms with Crippen molar-refractivity contribution in [3.63, 3.8) is 0 Å². The SMILES string of the molecule is Cn1cc(Cl)cc1-c1ncnn1Cc1ccc2c(c1)OCO2. The van der Waals surface area contributed by atoms with Crippen LogP contribution in [0.3, 0.4) is 0 Å². The third-order valence-corrected chi connectivity index (χ3v) is 3.79. The summed E-state index contributed by atoms with van der Waals surface area (Å²) < 4.78 is 14.5. The van der Waals surface area contributed by atoms with Crippen LogP contribution in [0.2, 0.25) is 5.02 Å². The highest BCUT2D eigenvalue weighted by atomic mass is 35.5. The molecule has 0 radical (unpaired) electrons. The van der Waals surface area contributed by atoms with Gasteiger partial charge in [0.15, 0.2) is 17.3 Å². The van der Waals surface area contributed by atoms with Gasteiger partial charge in [0.1, 0.15) is 6.33 Å². The van der Waals surface area contributed by atoms with Crippen molar-refractivity contribution in [2.45, 2.75) is 6.54 Å². The fourth-order valence-electron chi connectivity index (χ4n) is 2.54. The van der Waals surface area contributed by atoms with Crippen molar-refractivity contribution in [2.75, 3.05) is 6.79 Å². The van der Waals surface area contributed by atoms with Crippen LogP contribution in [0.25, 0.3) is 11.5 Å². The molecule has 0 N–H and O–H groups in total. The monoisotopic (exact) mass is 316 g/mol. The first-order chi connectivity index (χ1) is 10.7. The maximum Gasteiger partial charge on any atom is 0.231 e. The number of rotatable bonds is 3. The van der Waals surface area contributed by atoms with Crippen LogP contribution >= 0.6 is 11.6 Å². The molecule has 1 aromatic carbocycles. The first-order valence-corrected chi connectivity index (χ1v) is 7.17. The quantitative estimate of drug-likeness (QED) is 0.745. The number of hydrogen-bond donors (Lipinski definition) is 0. The average molecular weight is 317 g/mol. The molecule has 22 heavy (non-hydrogen) atoms. The molecule has 0 amide bonds. The van der Waals surface area contributed by atoms with Crippen LogP contribution in [-0.2, 0) is 13.6 Å². The standard InChI is InChI=1S/C15H13ClN4O2/c1-19-7-11(16)5-12(19)15-17-8-18-20(15)6-10-2-3-13-14(4-10)22-9-21-13/h2-5,7-8H,6,9H2,1H3. The summed E-state index contributed by atoms with van der Waals surface area (Å²) in [7, 11) is 1.93. The molecule has 112 valence electrons. The predicted molar refractivity (Wildman–Crippen MR) is 81.1 cm³/mol. The van der Waals surface area contributed by atoms with Gasteiger partial charge in [0.2, 0.25) is 6.79 Å². The summed E-state index contributed by atoms with van der Waals surface area (Å²) in [5.74, 6) is 2.31. The molecular weight excluding hydrogens is 304 g/mol. The Balaban J connectivity index is 1.67. The van der Waals surface area contributed by atoms with Gasteiger partial charge in [-0.05, 0) is 23.8 Å². The van der Waals surface area contributed by atoms with Crippen LogP contribution < -0.4 is 9.47 Å². The molecule has 0 saturated carbocycles. The minimum Gasteiger partial charge on any atom is -0.454 e. The van der Waals surface area contributed by atoms with Gasteiger partial charge in [0.25, 0.3) is 0 Å². The lowest BCUT2D eigenvalue weighted by atomic mass is 10.2. The molecule has 0 fully saturated rings. The van der Waals surface area contributed by atoms with E-state index in [-0.39, 0.29) is 6.79 Å². The topological polar surface area (TPSA) is 54.1 Å². The Hall–Kier alpha value is -2.47. The number of ether oxygens (including phenoxy) is 2. The Labute approximate surface area is 131 Å².